The van der Waals surface area contributed by atoms with E-state index in [9.17, 15) is 0 Å². The van der Waals surface area contributed by atoms with Gasteiger partial charge in [-0.3, -0.25) is 0 Å². The van der Waals surface area contributed by atoms with Gasteiger partial charge in [0.2, 0.25) is 0 Å². The van der Waals surface area contributed by atoms with Gasteiger partial charge in [0.25, 0.3) is 0 Å². The van der Waals surface area contributed by atoms with E-state index in [4.69, 9.17) is 0 Å². The lowest BCUT2D eigenvalue weighted by molar-refractivity contribution is 0.657. The number of aromatic nitrogens is 1. The van der Waals surface area contributed by atoms with E-state index in [2.05, 4.69) is 197 Å². The van der Waals surface area contributed by atoms with Gasteiger partial charge in [-0.05, 0) is 103 Å². The molecule has 13 rings (SSSR count). The van der Waals surface area contributed by atoms with Crippen molar-refractivity contribution >= 4 is 82.9 Å². The number of nitrogens with zero attached hydrogens (tertiary/aromatic N) is 1. The zero-order valence-corrected chi connectivity index (χ0v) is 33.7. The fourth-order valence-corrected chi connectivity index (χ4v) is 12.3. The van der Waals surface area contributed by atoms with Gasteiger partial charge in [0.05, 0.1) is 10.2 Å². The Kier molecular flexibility index (Phi) is 6.31. The smallest absolute Gasteiger partial charge is 0.197 e. The molecular weight excluding hydrogens is 719 g/mol. The number of fused-ring (bicyclic) bond motifs is 15. The minimum atomic E-state index is -0.206. The average molecular weight is 758 g/mol. The van der Waals surface area contributed by atoms with Gasteiger partial charge in [-0.2, -0.15) is 0 Å². The summed E-state index contributed by atoms with van der Waals surface area (Å²) in [4.78, 5) is 0. The van der Waals surface area contributed by atoms with Crippen LogP contribution in [0.3, 0.4) is 0 Å². The number of nitrogens with one attached hydrogen (secondary N) is 1. The highest BCUT2D eigenvalue weighted by Gasteiger charge is 2.42. The van der Waals surface area contributed by atoms with Crippen LogP contribution in [0.15, 0.2) is 152 Å². The fraction of sp³-hybridized carbons (Fsp3) is 0.111. The summed E-state index contributed by atoms with van der Waals surface area (Å²) in [5, 5.41) is 9.13. The summed E-state index contributed by atoms with van der Waals surface area (Å²) in [7, 11) is 2.49. The topological polar surface area (TPSA) is 17.0 Å². The summed E-state index contributed by atoms with van der Waals surface area (Å²) in [5.74, 6) is 0. The van der Waals surface area contributed by atoms with Crippen LogP contribution in [0.5, 0.6) is 0 Å². The van der Waals surface area contributed by atoms with Gasteiger partial charge in [0, 0.05) is 54.4 Å². The molecule has 0 amide bonds. The minimum absolute atomic E-state index is 0.0866. The Bertz CT molecular complexity index is 3470. The van der Waals surface area contributed by atoms with Crippen LogP contribution in [-0.4, -0.2) is 11.8 Å². The Hall–Kier alpha value is -6.36. The van der Waals surface area contributed by atoms with Crippen molar-refractivity contribution in [2.75, 3.05) is 5.32 Å². The molecule has 0 spiro atoms. The summed E-state index contributed by atoms with van der Waals surface area (Å²) in [6, 6.07) is 57.0. The molecule has 58 heavy (non-hydrogen) atoms. The van der Waals surface area contributed by atoms with Crippen molar-refractivity contribution in [3.63, 3.8) is 0 Å². The molecule has 0 bridgehead atoms. The largest absolute Gasteiger partial charge is 0.355 e. The predicted molar refractivity (Wildman–Crippen MR) is 249 cm³/mol. The predicted octanol–water partition coefficient (Wildman–Crippen LogP) is 13.1. The number of anilines is 2. The summed E-state index contributed by atoms with van der Waals surface area (Å²) in [6.07, 6.45) is 0. The first kappa shape index (κ1) is 32.7. The number of hydrogen-bond acceptors (Lipinski definition) is 2. The molecule has 8 aromatic carbocycles. The number of benzene rings is 8. The molecular formula is C54H38BN2S. The summed E-state index contributed by atoms with van der Waals surface area (Å²) >= 11 is 1.92. The van der Waals surface area contributed by atoms with Gasteiger partial charge in [0.15, 0.2) is 7.28 Å². The Morgan fingerprint density at radius 1 is 0.517 bits per heavy atom. The van der Waals surface area contributed by atoms with Gasteiger partial charge in [-0.25, -0.2) is 0 Å². The third-order valence-electron chi connectivity index (χ3n) is 13.7. The first-order valence-corrected chi connectivity index (χ1v) is 21.2. The van der Waals surface area contributed by atoms with Crippen LogP contribution in [0.25, 0.3) is 81.0 Å². The Morgan fingerprint density at radius 3 is 2.02 bits per heavy atom. The van der Waals surface area contributed by atoms with Gasteiger partial charge < -0.3 is 9.88 Å². The molecule has 3 aliphatic rings. The van der Waals surface area contributed by atoms with Crippen molar-refractivity contribution in [2.45, 2.75) is 38.5 Å². The maximum absolute atomic E-state index is 4.03. The van der Waals surface area contributed by atoms with E-state index in [1.165, 1.54) is 114 Å². The lowest BCUT2D eigenvalue weighted by atomic mass is 9.57. The second-order valence-electron chi connectivity index (χ2n) is 17.6. The number of thiophene rings is 1. The molecule has 2 aromatic heterocycles. The maximum atomic E-state index is 4.03. The van der Waals surface area contributed by atoms with Crippen molar-refractivity contribution < 1.29 is 0 Å². The molecule has 10 aromatic rings. The molecule has 3 heterocycles. The van der Waals surface area contributed by atoms with Crippen LogP contribution in [0.2, 0.25) is 0 Å². The van der Waals surface area contributed by atoms with Gasteiger partial charge >= 0.3 is 0 Å². The molecule has 0 saturated heterocycles. The lowest BCUT2D eigenvalue weighted by Crippen LogP contribution is -2.39. The van der Waals surface area contributed by atoms with E-state index in [1.807, 2.05) is 11.3 Å². The quantitative estimate of drug-likeness (QED) is 0.178. The molecule has 0 unspecified atom stereocenters. The normalized spacial score (nSPS) is 15.0. The van der Waals surface area contributed by atoms with E-state index in [1.54, 1.807) is 0 Å². The first-order chi connectivity index (χ1) is 28.3. The van der Waals surface area contributed by atoms with E-state index in [-0.39, 0.29) is 10.8 Å². The highest BCUT2D eigenvalue weighted by Crippen LogP contribution is 2.55. The van der Waals surface area contributed by atoms with Crippen molar-refractivity contribution in [3.05, 3.63) is 174 Å². The third-order valence-corrected chi connectivity index (χ3v) is 14.9. The minimum Gasteiger partial charge on any atom is -0.355 e. The average Bonchev–Trinajstić information content (AvgIpc) is 3.92. The van der Waals surface area contributed by atoms with Crippen LogP contribution >= 0.6 is 11.3 Å². The maximum Gasteiger partial charge on any atom is 0.197 e. The Morgan fingerprint density at radius 2 is 1.19 bits per heavy atom. The monoisotopic (exact) mass is 757 g/mol. The van der Waals surface area contributed by atoms with E-state index in [0.717, 1.165) is 11.4 Å². The molecule has 0 atom stereocenters. The van der Waals surface area contributed by atoms with Crippen LogP contribution in [-0.2, 0) is 10.8 Å². The van der Waals surface area contributed by atoms with E-state index in [0.29, 0.717) is 0 Å². The Labute approximate surface area is 342 Å². The van der Waals surface area contributed by atoms with Crippen molar-refractivity contribution in [1.82, 2.24) is 4.57 Å². The van der Waals surface area contributed by atoms with Crippen LogP contribution in [0, 0.1) is 0 Å². The van der Waals surface area contributed by atoms with Crippen molar-refractivity contribution in [2.24, 2.45) is 0 Å². The first-order valence-electron chi connectivity index (χ1n) is 20.4. The highest BCUT2D eigenvalue weighted by molar-refractivity contribution is 7.26. The standard InChI is InChI=1S/C54H38BN2S/c1-53(2)41-20-10-7-16-33(41)35-25-24-32(28-43(35)53)56-45-27-31-15-6-5-14-30(31)26-38(45)40-29-39-34-17-8-11-21-42(34)54(3,4)47(39)51-48(40)55-44-22-13-19-37-49(44)57(51)50-36-18-9-12-23-46(36)58-52(37)50/h5-29,56H,1-4H3. The number of rotatable bonds is 3. The summed E-state index contributed by atoms with van der Waals surface area (Å²) in [5.41, 5.74) is 21.7. The van der Waals surface area contributed by atoms with Gasteiger partial charge in [-0.1, -0.05) is 148 Å². The van der Waals surface area contributed by atoms with Gasteiger partial charge in [-0.15, -0.1) is 11.3 Å². The molecule has 273 valence electrons. The van der Waals surface area contributed by atoms with Crippen molar-refractivity contribution in [3.8, 4) is 39.1 Å². The second-order valence-corrected chi connectivity index (χ2v) is 18.6. The van der Waals surface area contributed by atoms with Gasteiger partial charge in [0.1, 0.15) is 0 Å². The number of para-hydroxylation sites is 1. The molecule has 1 aliphatic heterocycles. The SMILES string of the molecule is CC1(C)c2ccccc2-c2ccc(Nc3cc4ccccc4cc3-c3cc4c(c5c3[B]c3cccc6c7sc8ccccc8c7n-5c36)C(C)(C)c3ccccc3-4)cc21. The molecule has 2 nitrogen and oxygen atoms in total. The molecule has 0 saturated carbocycles. The molecule has 2 aliphatic carbocycles. The molecule has 0 fully saturated rings. The molecule has 1 radical (unpaired) electrons. The van der Waals surface area contributed by atoms with E-state index >= 15 is 0 Å². The summed E-state index contributed by atoms with van der Waals surface area (Å²) < 4.78 is 5.36. The number of hydrogen-bond donors (Lipinski definition) is 1. The molecule has 1 N–H and O–H groups in total. The lowest BCUT2D eigenvalue weighted by Gasteiger charge is -2.32. The second kappa shape index (κ2) is 11.2. The third kappa shape index (κ3) is 4.13. The zero-order valence-electron chi connectivity index (χ0n) is 32.9. The highest BCUT2D eigenvalue weighted by atomic mass is 32.1. The molecule has 4 heteroatoms. The fourth-order valence-electron chi connectivity index (χ4n) is 11.1. The van der Waals surface area contributed by atoms with Crippen LogP contribution < -0.4 is 16.2 Å². The Balaban J connectivity index is 1.12. The zero-order chi connectivity index (χ0) is 38.7. The summed E-state index contributed by atoms with van der Waals surface area (Å²) in [6.45, 7) is 9.58. The van der Waals surface area contributed by atoms with Crippen LogP contribution in [0.4, 0.5) is 11.4 Å². The van der Waals surface area contributed by atoms with E-state index < -0.39 is 0 Å². The van der Waals surface area contributed by atoms with Crippen LogP contribution in [0.1, 0.15) is 49.9 Å². The van der Waals surface area contributed by atoms with Crippen molar-refractivity contribution in [1.29, 1.82) is 0 Å².